The van der Waals surface area contributed by atoms with Crippen LogP contribution < -0.4 is 5.32 Å². The van der Waals surface area contributed by atoms with E-state index in [1.165, 1.54) is 6.92 Å². The third-order valence-corrected chi connectivity index (χ3v) is 5.62. The Hall–Kier alpha value is -2.72. The molecule has 4 heterocycles. The number of ether oxygens (including phenoxy) is 2. The molecule has 0 aromatic carbocycles. The molecule has 0 bridgehead atoms. The summed E-state index contributed by atoms with van der Waals surface area (Å²) in [6.07, 6.45) is 4.07. The van der Waals surface area contributed by atoms with E-state index in [1.54, 1.807) is 23.4 Å². The van der Waals surface area contributed by atoms with Gasteiger partial charge in [-0.1, -0.05) is 25.9 Å². The molecule has 1 radical (unpaired) electrons. The first-order chi connectivity index (χ1) is 15.4. The van der Waals surface area contributed by atoms with Crippen LogP contribution in [-0.4, -0.2) is 42.8 Å². The van der Waals surface area contributed by atoms with Crippen LogP contribution in [-0.2, 0) is 20.7 Å². The summed E-state index contributed by atoms with van der Waals surface area (Å²) in [4.78, 5) is 24.9. The Kier molecular flexibility index (Phi) is 6.61. The lowest BCUT2D eigenvalue weighted by Gasteiger charge is -2.16. The highest BCUT2D eigenvalue weighted by atomic mass is 35.5. The summed E-state index contributed by atoms with van der Waals surface area (Å²) >= 11 is 6.22. The molecule has 0 unspecified atom stereocenters. The minimum Gasteiger partial charge on any atom is -0.459 e. The smallest absolute Gasteiger partial charge is 0.303 e. The molecule has 1 aliphatic rings. The van der Waals surface area contributed by atoms with Crippen molar-refractivity contribution >= 4 is 34.6 Å². The molecule has 32 heavy (non-hydrogen) atoms. The van der Waals surface area contributed by atoms with Crippen molar-refractivity contribution in [1.82, 2.24) is 24.7 Å². The molecule has 11 heteroatoms. The van der Waals surface area contributed by atoms with Gasteiger partial charge in [0.05, 0.1) is 12.7 Å². The number of aryl methyl sites for hydroxylation is 1. The Morgan fingerprint density at radius 3 is 2.75 bits per heavy atom. The van der Waals surface area contributed by atoms with E-state index >= 15 is 0 Å². The van der Waals surface area contributed by atoms with Gasteiger partial charge in [0.2, 0.25) is 5.28 Å². The molecule has 0 amide bonds. The van der Waals surface area contributed by atoms with Crippen molar-refractivity contribution < 1.29 is 18.8 Å². The third kappa shape index (κ3) is 4.42. The number of rotatable bonds is 8. The van der Waals surface area contributed by atoms with Crippen LogP contribution in [0.25, 0.3) is 11.2 Å². The highest BCUT2D eigenvalue weighted by molar-refractivity contribution is 6.28. The number of aromatic nitrogens is 5. The molecule has 3 aromatic rings. The van der Waals surface area contributed by atoms with Gasteiger partial charge < -0.3 is 19.3 Å². The molecular formula is C21H26ClN6O4. The lowest BCUT2D eigenvalue weighted by Crippen LogP contribution is -2.20. The van der Waals surface area contributed by atoms with Gasteiger partial charge in [-0.05, 0) is 24.4 Å². The van der Waals surface area contributed by atoms with Crippen LogP contribution in [0.2, 0.25) is 5.28 Å². The summed E-state index contributed by atoms with van der Waals surface area (Å²) in [5.74, 6) is 0.873. The van der Waals surface area contributed by atoms with Crippen molar-refractivity contribution in [3.63, 3.8) is 0 Å². The van der Waals surface area contributed by atoms with Gasteiger partial charge in [0, 0.05) is 25.5 Å². The molecule has 1 N–H and O–H groups in total. The fraction of sp³-hybridized carbons (Fsp3) is 0.524. The zero-order chi connectivity index (χ0) is 22.8. The number of halogens is 1. The molecular weight excluding hydrogens is 436 g/mol. The number of carbonyl (C=O) groups is 1. The van der Waals surface area contributed by atoms with Gasteiger partial charge >= 0.3 is 5.97 Å². The Morgan fingerprint density at radius 1 is 1.31 bits per heavy atom. The maximum absolute atomic E-state index is 11.7. The maximum Gasteiger partial charge on any atom is 0.303 e. The molecule has 171 valence electrons. The molecule has 3 atom stereocenters. The number of anilines is 1. The Labute approximate surface area is 190 Å². The second-order valence-corrected chi connectivity index (χ2v) is 7.95. The number of hydrogen-bond acceptors (Lipinski definition) is 9. The first kappa shape index (κ1) is 22.5. The van der Waals surface area contributed by atoms with Crippen LogP contribution in [0.15, 0.2) is 16.9 Å². The van der Waals surface area contributed by atoms with E-state index in [1.807, 2.05) is 6.92 Å². The van der Waals surface area contributed by atoms with E-state index in [2.05, 4.69) is 39.3 Å². The number of hydrogen-bond donors (Lipinski definition) is 1. The second-order valence-electron chi connectivity index (χ2n) is 7.61. The van der Waals surface area contributed by atoms with Crippen LogP contribution in [0.5, 0.6) is 0 Å². The lowest BCUT2D eigenvalue weighted by atomic mass is 10.1. The minimum absolute atomic E-state index is 0.0999. The molecule has 0 aliphatic carbocycles. The summed E-state index contributed by atoms with van der Waals surface area (Å²) in [5.41, 5.74) is 1.65. The number of imidazole rings is 1. The summed E-state index contributed by atoms with van der Waals surface area (Å²) in [6.45, 7) is 7.52. The lowest BCUT2D eigenvalue weighted by molar-refractivity contribution is -0.148. The number of esters is 1. The van der Waals surface area contributed by atoms with E-state index < -0.39 is 24.4 Å². The minimum atomic E-state index is -0.649. The average molecular weight is 462 g/mol. The van der Waals surface area contributed by atoms with Gasteiger partial charge in [-0.25, -0.2) is 4.98 Å². The molecule has 1 saturated heterocycles. The van der Waals surface area contributed by atoms with Gasteiger partial charge in [0.15, 0.2) is 17.0 Å². The monoisotopic (exact) mass is 461 g/mol. The topological polar surface area (TPSA) is 117 Å². The van der Waals surface area contributed by atoms with Crippen molar-refractivity contribution in [2.75, 3.05) is 5.32 Å². The zero-order valence-electron chi connectivity index (χ0n) is 18.4. The average Bonchev–Trinajstić information content (AvgIpc) is 3.49. The van der Waals surface area contributed by atoms with Gasteiger partial charge in [-0.3, -0.25) is 9.36 Å². The van der Waals surface area contributed by atoms with Crippen LogP contribution in [0.1, 0.15) is 64.3 Å². The fourth-order valence-corrected chi connectivity index (χ4v) is 3.88. The van der Waals surface area contributed by atoms with Crippen LogP contribution in [0.3, 0.4) is 0 Å². The number of carbonyl (C=O) groups excluding carboxylic acids is 1. The Bertz CT molecular complexity index is 1100. The second kappa shape index (κ2) is 9.41. The van der Waals surface area contributed by atoms with Gasteiger partial charge in [-0.2, -0.15) is 9.97 Å². The number of nitrogens with zero attached hydrogens (tertiary/aromatic N) is 5. The summed E-state index contributed by atoms with van der Waals surface area (Å²) in [5, 5.41) is 7.58. The molecule has 0 spiro atoms. The molecule has 10 nitrogen and oxygen atoms in total. The third-order valence-electron chi connectivity index (χ3n) is 5.45. The predicted octanol–water partition coefficient (Wildman–Crippen LogP) is 4.04. The first-order valence-electron chi connectivity index (χ1n) is 10.7. The van der Waals surface area contributed by atoms with Crippen molar-refractivity contribution in [1.29, 1.82) is 0 Å². The standard InChI is InChI=1S/C21H26ClN6O4/c1-5-12(6-2)24-19-17-20(26-21(22)25-19)28(10-23-17)16-9-15(30-11(4)29)18(31-16)14-8-13(7-3)32-27-14/h8-10,12,15-16,18H,5-7H2,1-4H3,(H,24,25,26)/t15-,16-,18-/m1/s1. The van der Waals surface area contributed by atoms with Gasteiger partial charge in [0.25, 0.3) is 0 Å². The Morgan fingerprint density at radius 2 is 2.09 bits per heavy atom. The first-order valence-corrected chi connectivity index (χ1v) is 11.1. The highest BCUT2D eigenvalue weighted by Gasteiger charge is 2.42. The SMILES string of the molecule is CCc1cc([C@H]2O[C@@H](n3cnc4c(NC(CC)CC)nc(Cl)nc43)[CH][C@H]2OC(C)=O)no1. The molecule has 1 fully saturated rings. The largest absolute Gasteiger partial charge is 0.459 e. The van der Waals surface area contributed by atoms with Crippen molar-refractivity contribution in [2.24, 2.45) is 0 Å². The molecule has 1 aliphatic heterocycles. The van der Waals surface area contributed by atoms with E-state index in [9.17, 15) is 4.79 Å². The van der Waals surface area contributed by atoms with Crippen molar-refractivity contribution in [2.45, 2.75) is 71.4 Å². The van der Waals surface area contributed by atoms with Crippen molar-refractivity contribution in [3.8, 4) is 0 Å². The van der Waals surface area contributed by atoms with Crippen LogP contribution in [0, 0.1) is 6.42 Å². The van der Waals surface area contributed by atoms with Gasteiger partial charge in [-0.15, -0.1) is 0 Å². The fourth-order valence-electron chi connectivity index (χ4n) is 3.72. The van der Waals surface area contributed by atoms with Crippen molar-refractivity contribution in [3.05, 3.63) is 35.6 Å². The summed E-state index contributed by atoms with van der Waals surface area (Å²) < 4.78 is 18.8. The number of nitrogens with one attached hydrogen (secondary N) is 1. The molecule has 3 aromatic heterocycles. The zero-order valence-corrected chi connectivity index (χ0v) is 19.2. The Balaban J connectivity index is 1.67. The maximum atomic E-state index is 11.7. The molecule has 0 saturated carbocycles. The highest BCUT2D eigenvalue weighted by Crippen LogP contribution is 2.40. The quantitative estimate of drug-likeness (QED) is 0.391. The van der Waals surface area contributed by atoms with Gasteiger partial charge in [0.1, 0.15) is 29.9 Å². The van der Waals surface area contributed by atoms with E-state index in [0.29, 0.717) is 29.1 Å². The molecule has 4 rings (SSSR count). The van der Waals surface area contributed by atoms with Crippen LogP contribution in [0.4, 0.5) is 5.82 Å². The van der Waals surface area contributed by atoms with Crippen LogP contribution >= 0.6 is 11.6 Å². The summed E-state index contributed by atoms with van der Waals surface area (Å²) in [6, 6.07) is 2.04. The van der Waals surface area contributed by atoms with E-state index in [0.717, 1.165) is 18.6 Å². The van der Waals surface area contributed by atoms with E-state index in [4.69, 9.17) is 25.6 Å². The number of fused-ring (bicyclic) bond motifs is 1. The summed E-state index contributed by atoms with van der Waals surface area (Å²) in [7, 11) is 0. The predicted molar refractivity (Wildman–Crippen MR) is 117 cm³/mol. The normalized spacial score (nSPS) is 20.9. The van der Waals surface area contributed by atoms with E-state index in [-0.39, 0.29) is 11.3 Å².